The standard InChI is InChI=1S/C14H15BrN2OS/c15-13-8-7-11(10-16-13)17-14(18)6-2-1-4-12-5-3-9-19-12/h3,5,7-10H,1-2,4,6H2,(H,17,18). The summed E-state index contributed by atoms with van der Waals surface area (Å²) in [5, 5.41) is 4.93. The third kappa shape index (κ3) is 5.12. The number of nitrogens with zero attached hydrogens (tertiary/aromatic N) is 1. The van der Waals surface area contributed by atoms with E-state index in [4.69, 9.17) is 0 Å². The van der Waals surface area contributed by atoms with Gasteiger partial charge >= 0.3 is 0 Å². The molecule has 1 N–H and O–H groups in total. The highest BCUT2D eigenvalue weighted by atomic mass is 79.9. The first-order chi connectivity index (χ1) is 9.24. The van der Waals surface area contributed by atoms with Crippen LogP contribution in [0.4, 0.5) is 5.69 Å². The van der Waals surface area contributed by atoms with Crippen LogP contribution in [0.15, 0.2) is 40.4 Å². The van der Waals surface area contributed by atoms with Crippen molar-refractivity contribution < 1.29 is 4.79 Å². The molecule has 1 amide bonds. The van der Waals surface area contributed by atoms with Gasteiger partial charge in [-0.1, -0.05) is 6.07 Å². The Morgan fingerprint density at radius 1 is 1.32 bits per heavy atom. The van der Waals surface area contributed by atoms with E-state index in [0.717, 1.165) is 29.6 Å². The lowest BCUT2D eigenvalue weighted by Gasteiger charge is -2.04. The molecule has 2 aromatic heterocycles. The molecular formula is C14H15BrN2OS. The van der Waals surface area contributed by atoms with Crippen molar-refractivity contribution >= 4 is 38.9 Å². The summed E-state index contributed by atoms with van der Waals surface area (Å²) in [6.45, 7) is 0. The highest BCUT2D eigenvalue weighted by Gasteiger charge is 2.03. The molecule has 5 heteroatoms. The molecule has 0 bridgehead atoms. The average molecular weight is 339 g/mol. The number of nitrogens with one attached hydrogen (secondary N) is 1. The molecule has 0 aliphatic heterocycles. The van der Waals surface area contributed by atoms with Crippen molar-refractivity contribution in [2.75, 3.05) is 5.32 Å². The SMILES string of the molecule is O=C(CCCCc1cccs1)Nc1ccc(Br)nc1. The summed E-state index contributed by atoms with van der Waals surface area (Å²) in [6, 6.07) is 7.85. The van der Waals surface area contributed by atoms with Crippen molar-refractivity contribution in [1.29, 1.82) is 0 Å². The first-order valence-electron chi connectivity index (χ1n) is 6.18. The summed E-state index contributed by atoms with van der Waals surface area (Å²) in [7, 11) is 0. The third-order valence-electron chi connectivity index (χ3n) is 2.67. The van der Waals surface area contributed by atoms with Crippen LogP contribution in [0.5, 0.6) is 0 Å². The monoisotopic (exact) mass is 338 g/mol. The highest BCUT2D eigenvalue weighted by Crippen LogP contribution is 2.14. The Morgan fingerprint density at radius 3 is 2.89 bits per heavy atom. The van der Waals surface area contributed by atoms with Crippen LogP contribution in [-0.2, 0) is 11.2 Å². The molecule has 0 spiro atoms. The number of rotatable bonds is 6. The second kappa shape index (κ2) is 7.40. The average Bonchev–Trinajstić information content (AvgIpc) is 2.91. The van der Waals surface area contributed by atoms with Gasteiger partial charge < -0.3 is 5.32 Å². The summed E-state index contributed by atoms with van der Waals surface area (Å²) < 4.78 is 0.765. The van der Waals surface area contributed by atoms with E-state index in [2.05, 4.69) is 43.7 Å². The molecule has 3 nitrogen and oxygen atoms in total. The molecule has 2 heterocycles. The molecule has 0 unspecified atom stereocenters. The summed E-state index contributed by atoms with van der Waals surface area (Å²) in [5.41, 5.74) is 0.742. The van der Waals surface area contributed by atoms with Crippen molar-refractivity contribution in [3.63, 3.8) is 0 Å². The molecule has 0 saturated heterocycles. The van der Waals surface area contributed by atoms with E-state index in [9.17, 15) is 4.79 Å². The van der Waals surface area contributed by atoms with Crippen LogP contribution in [0.3, 0.4) is 0 Å². The number of carbonyl (C=O) groups excluding carboxylic acids is 1. The van der Waals surface area contributed by atoms with Crippen LogP contribution < -0.4 is 5.32 Å². The fraction of sp³-hybridized carbons (Fsp3) is 0.286. The zero-order chi connectivity index (χ0) is 13.5. The minimum Gasteiger partial charge on any atom is -0.325 e. The smallest absolute Gasteiger partial charge is 0.224 e. The van der Waals surface area contributed by atoms with E-state index < -0.39 is 0 Å². The number of amides is 1. The fourth-order valence-electron chi connectivity index (χ4n) is 1.71. The summed E-state index contributed by atoms with van der Waals surface area (Å²) in [6.07, 6.45) is 5.22. The lowest BCUT2D eigenvalue weighted by molar-refractivity contribution is -0.116. The van der Waals surface area contributed by atoms with E-state index >= 15 is 0 Å². The van der Waals surface area contributed by atoms with Crippen LogP contribution in [0.1, 0.15) is 24.1 Å². The zero-order valence-electron chi connectivity index (χ0n) is 10.4. The number of thiophene rings is 1. The largest absolute Gasteiger partial charge is 0.325 e. The van der Waals surface area contributed by atoms with Gasteiger partial charge in [0, 0.05) is 11.3 Å². The number of halogens is 1. The molecule has 0 radical (unpaired) electrons. The van der Waals surface area contributed by atoms with E-state index in [1.54, 1.807) is 17.5 Å². The maximum atomic E-state index is 11.7. The van der Waals surface area contributed by atoms with Crippen LogP contribution in [0, 0.1) is 0 Å². The molecule has 100 valence electrons. The Balaban J connectivity index is 1.65. The number of hydrogen-bond acceptors (Lipinski definition) is 3. The number of aryl methyl sites for hydroxylation is 1. The Labute approximate surface area is 125 Å². The molecule has 2 rings (SSSR count). The maximum absolute atomic E-state index is 11.7. The normalized spacial score (nSPS) is 10.4. The first-order valence-corrected chi connectivity index (χ1v) is 7.85. The fourth-order valence-corrected chi connectivity index (χ4v) is 2.70. The Hall–Kier alpha value is -1.20. The molecule has 19 heavy (non-hydrogen) atoms. The van der Waals surface area contributed by atoms with Gasteiger partial charge in [-0.25, -0.2) is 4.98 Å². The molecule has 0 atom stereocenters. The summed E-state index contributed by atoms with van der Waals surface area (Å²) in [4.78, 5) is 17.2. The van der Waals surface area contributed by atoms with E-state index in [0.29, 0.717) is 6.42 Å². The van der Waals surface area contributed by atoms with Gasteiger partial charge in [-0.3, -0.25) is 4.79 Å². The van der Waals surface area contributed by atoms with Crippen molar-refractivity contribution in [2.24, 2.45) is 0 Å². The van der Waals surface area contributed by atoms with Gasteiger partial charge in [0.25, 0.3) is 0 Å². The Kier molecular flexibility index (Phi) is 5.54. The molecule has 0 aromatic carbocycles. The van der Waals surface area contributed by atoms with Crippen molar-refractivity contribution in [3.05, 3.63) is 45.3 Å². The number of aromatic nitrogens is 1. The quantitative estimate of drug-likeness (QED) is 0.631. The molecule has 0 aliphatic rings. The summed E-state index contributed by atoms with van der Waals surface area (Å²) >= 11 is 5.03. The van der Waals surface area contributed by atoms with Crippen LogP contribution in [-0.4, -0.2) is 10.9 Å². The van der Waals surface area contributed by atoms with E-state index in [1.165, 1.54) is 4.88 Å². The highest BCUT2D eigenvalue weighted by molar-refractivity contribution is 9.10. The second-order valence-electron chi connectivity index (χ2n) is 4.20. The number of carbonyl (C=O) groups is 1. The molecular weight excluding hydrogens is 324 g/mol. The summed E-state index contributed by atoms with van der Waals surface area (Å²) in [5.74, 6) is 0.0512. The van der Waals surface area contributed by atoms with Crippen LogP contribution in [0.2, 0.25) is 0 Å². The zero-order valence-corrected chi connectivity index (χ0v) is 12.8. The Bertz CT molecular complexity index is 511. The van der Waals surface area contributed by atoms with Gasteiger partial charge in [-0.2, -0.15) is 0 Å². The van der Waals surface area contributed by atoms with Gasteiger partial charge in [0.05, 0.1) is 11.9 Å². The van der Waals surface area contributed by atoms with Crippen molar-refractivity contribution in [2.45, 2.75) is 25.7 Å². The minimum atomic E-state index is 0.0512. The van der Waals surface area contributed by atoms with E-state index in [-0.39, 0.29) is 5.91 Å². The predicted octanol–water partition coefficient (Wildman–Crippen LogP) is 4.26. The van der Waals surface area contributed by atoms with Gasteiger partial charge in [-0.05, 0) is 58.8 Å². The lowest BCUT2D eigenvalue weighted by Crippen LogP contribution is -2.11. The maximum Gasteiger partial charge on any atom is 0.224 e. The lowest BCUT2D eigenvalue weighted by atomic mass is 10.1. The minimum absolute atomic E-state index is 0.0512. The van der Waals surface area contributed by atoms with Gasteiger partial charge in [0.1, 0.15) is 4.60 Å². The van der Waals surface area contributed by atoms with Crippen LogP contribution in [0.25, 0.3) is 0 Å². The van der Waals surface area contributed by atoms with Gasteiger partial charge in [0.15, 0.2) is 0 Å². The second-order valence-corrected chi connectivity index (χ2v) is 6.05. The molecule has 0 saturated carbocycles. The number of anilines is 1. The molecule has 0 aliphatic carbocycles. The topological polar surface area (TPSA) is 42.0 Å². The third-order valence-corrected chi connectivity index (χ3v) is 4.07. The predicted molar refractivity (Wildman–Crippen MR) is 82.4 cm³/mol. The molecule has 2 aromatic rings. The van der Waals surface area contributed by atoms with Gasteiger partial charge in [-0.15, -0.1) is 11.3 Å². The number of unbranched alkanes of at least 4 members (excludes halogenated alkanes) is 1. The Morgan fingerprint density at radius 2 is 2.21 bits per heavy atom. The van der Waals surface area contributed by atoms with Crippen molar-refractivity contribution in [3.8, 4) is 0 Å². The molecule has 0 fully saturated rings. The van der Waals surface area contributed by atoms with E-state index in [1.807, 2.05) is 12.1 Å². The number of hydrogen-bond donors (Lipinski definition) is 1. The van der Waals surface area contributed by atoms with Crippen LogP contribution >= 0.6 is 27.3 Å². The van der Waals surface area contributed by atoms with Gasteiger partial charge in [0.2, 0.25) is 5.91 Å². The first kappa shape index (κ1) is 14.2. The number of pyridine rings is 1. The van der Waals surface area contributed by atoms with Crippen molar-refractivity contribution in [1.82, 2.24) is 4.98 Å².